The van der Waals surface area contributed by atoms with Gasteiger partial charge < -0.3 is 5.32 Å². The fraction of sp³-hybridized carbons (Fsp3) is 0.300. The zero-order chi connectivity index (χ0) is 9.26. The molecule has 0 amide bonds. The Hall–Kier alpha value is -1.09. The number of hydrogen-bond acceptors (Lipinski definition) is 2. The summed E-state index contributed by atoms with van der Waals surface area (Å²) in [5.41, 5.74) is 1.24. The van der Waals surface area contributed by atoms with Crippen LogP contribution < -0.4 is 5.32 Å². The van der Waals surface area contributed by atoms with Gasteiger partial charge in [0.15, 0.2) is 5.78 Å². The van der Waals surface area contributed by atoms with E-state index >= 15 is 0 Å². The van der Waals surface area contributed by atoms with Gasteiger partial charge in [-0.2, -0.15) is 0 Å². The van der Waals surface area contributed by atoms with Crippen molar-refractivity contribution >= 4 is 23.9 Å². The van der Waals surface area contributed by atoms with Gasteiger partial charge in [0.25, 0.3) is 0 Å². The van der Waals surface area contributed by atoms with Crippen LogP contribution in [0.3, 0.4) is 0 Å². The molecule has 0 aromatic heterocycles. The summed E-state index contributed by atoms with van der Waals surface area (Å²) in [5, 5.41) is 3.10. The van der Waals surface area contributed by atoms with E-state index in [4.69, 9.17) is 0 Å². The molecule has 0 saturated carbocycles. The molecule has 0 unspecified atom stereocenters. The van der Waals surface area contributed by atoms with E-state index < -0.39 is 0 Å². The quantitative estimate of drug-likeness (QED) is 0.721. The lowest BCUT2D eigenvalue weighted by Gasteiger charge is -2.05. The maximum atomic E-state index is 12.8. The lowest BCUT2D eigenvalue weighted by Crippen LogP contribution is -2.00. The molecule has 4 heteroatoms. The first-order valence-electron chi connectivity index (χ1n) is 4.34. The number of ketones is 1. The van der Waals surface area contributed by atoms with Crippen LogP contribution in [-0.2, 0) is 0 Å². The normalized spacial score (nSPS) is 14.8. The Morgan fingerprint density at radius 2 is 2.14 bits per heavy atom. The number of Topliss-reactive ketones (excluding diaryl/α,β-unsaturated/α-hetero) is 1. The number of fused-ring (bicyclic) bond motifs is 1. The predicted octanol–water partition coefficient (Wildman–Crippen LogP) is 2.64. The number of rotatable bonds is 0. The average molecular weight is 216 g/mol. The molecule has 0 spiro atoms. The molecule has 76 valence electrons. The summed E-state index contributed by atoms with van der Waals surface area (Å²) < 4.78 is 12.8. The third-order valence-electron chi connectivity index (χ3n) is 2.18. The topological polar surface area (TPSA) is 29.1 Å². The highest BCUT2D eigenvalue weighted by atomic mass is 35.5. The first-order valence-corrected chi connectivity index (χ1v) is 4.34. The highest BCUT2D eigenvalue weighted by Gasteiger charge is 2.15. The number of hydrogen-bond donors (Lipinski definition) is 1. The van der Waals surface area contributed by atoms with E-state index in [2.05, 4.69) is 5.32 Å². The summed E-state index contributed by atoms with van der Waals surface area (Å²) in [7, 11) is 0. The number of benzene rings is 1. The van der Waals surface area contributed by atoms with Crippen molar-refractivity contribution in [3.8, 4) is 0 Å². The van der Waals surface area contributed by atoms with Gasteiger partial charge in [0, 0.05) is 24.2 Å². The summed E-state index contributed by atoms with van der Waals surface area (Å²) in [6.45, 7) is 0.782. The third kappa shape index (κ3) is 2.04. The van der Waals surface area contributed by atoms with Gasteiger partial charge in [-0.05, 0) is 24.6 Å². The molecular weight excluding hydrogens is 205 g/mol. The highest BCUT2D eigenvalue weighted by Crippen LogP contribution is 2.21. The average Bonchev–Trinajstić information content (AvgIpc) is 2.29. The molecule has 1 N–H and O–H groups in total. The van der Waals surface area contributed by atoms with Crippen molar-refractivity contribution in [2.75, 3.05) is 11.9 Å². The molecule has 0 bridgehead atoms. The maximum Gasteiger partial charge on any atom is 0.165 e. The van der Waals surface area contributed by atoms with Crippen molar-refractivity contribution in [1.82, 2.24) is 0 Å². The van der Waals surface area contributed by atoms with Crippen LogP contribution in [0, 0.1) is 5.82 Å². The molecule has 0 fully saturated rings. The fourth-order valence-electron chi connectivity index (χ4n) is 1.51. The van der Waals surface area contributed by atoms with Crippen molar-refractivity contribution in [1.29, 1.82) is 0 Å². The van der Waals surface area contributed by atoms with Crippen LogP contribution in [0.25, 0.3) is 0 Å². The van der Waals surface area contributed by atoms with Crippen molar-refractivity contribution in [3.05, 3.63) is 29.6 Å². The van der Waals surface area contributed by atoms with Crippen molar-refractivity contribution < 1.29 is 9.18 Å². The SMILES string of the molecule is Cl.O=C1CCCNc2ccc(F)cc21. The molecule has 0 saturated heterocycles. The lowest BCUT2D eigenvalue weighted by atomic mass is 10.1. The van der Waals surface area contributed by atoms with Gasteiger partial charge in [0.1, 0.15) is 5.82 Å². The molecule has 1 heterocycles. The van der Waals surface area contributed by atoms with Gasteiger partial charge in [0.2, 0.25) is 0 Å². The summed E-state index contributed by atoms with van der Waals surface area (Å²) in [6.07, 6.45) is 1.32. The Balaban J connectivity index is 0.000000980. The zero-order valence-electron chi connectivity index (χ0n) is 7.55. The molecule has 2 rings (SSSR count). The summed E-state index contributed by atoms with van der Waals surface area (Å²) in [4.78, 5) is 11.5. The van der Waals surface area contributed by atoms with Crippen molar-refractivity contribution in [3.63, 3.8) is 0 Å². The Kier molecular flexibility index (Phi) is 3.47. The molecule has 1 aliphatic rings. The molecule has 0 atom stereocenters. The van der Waals surface area contributed by atoms with E-state index in [1.165, 1.54) is 12.1 Å². The first kappa shape index (κ1) is 11.0. The Labute approximate surface area is 87.9 Å². The van der Waals surface area contributed by atoms with Crippen LogP contribution in [0.5, 0.6) is 0 Å². The summed E-state index contributed by atoms with van der Waals surface area (Å²) in [6, 6.07) is 4.29. The lowest BCUT2D eigenvalue weighted by molar-refractivity contribution is 0.0983. The van der Waals surface area contributed by atoms with Gasteiger partial charge in [-0.25, -0.2) is 4.39 Å². The maximum absolute atomic E-state index is 12.8. The second kappa shape index (κ2) is 4.42. The van der Waals surface area contributed by atoms with Gasteiger partial charge in [-0.15, -0.1) is 12.4 Å². The largest absolute Gasteiger partial charge is 0.384 e. The predicted molar refractivity (Wildman–Crippen MR) is 55.7 cm³/mol. The Bertz CT molecular complexity index is 354. The summed E-state index contributed by atoms with van der Waals surface area (Å²) in [5.74, 6) is -0.324. The first-order chi connectivity index (χ1) is 6.27. The monoisotopic (exact) mass is 215 g/mol. The molecule has 1 aromatic rings. The smallest absolute Gasteiger partial charge is 0.165 e. The van der Waals surface area contributed by atoms with E-state index in [0.717, 1.165) is 18.7 Å². The van der Waals surface area contributed by atoms with Gasteiger partial charge in [0.05, 0.1) is 0 Å². The molecule has 14 heavy (non-hydrogen) atoms. The molecule has 1 aromatic carbocycles. The molecular formula is C10H11ClFNO. The number of halogens is 2. The third-order valence-corrected chi connectivity index (χ3v) is 2.18. The van der Waals surface area contributed by atoms with E-state index in [-0.39, 0.29) is 24.0 Å². The number of anilines is 1. The van der Waals surface area contributed by atoms with Crippen LogP contribution in [0.2, 0.25) is 0 Å². The van der Waals surface area contributed by atoms with Crippen LogP contribution in [0.15, 0.2) is 18.2 Å². The minimum atomic E-state index is -0.351. The standard InChI is InChI=1S/C10H10FNO.ClH/c11-7-3-4-9-8(6-7)10(13)2-1-5-12-9;/h3-4,6,12H,1-2,5H2;1H. The van der Waals surface area contributed by atoms with Gasteiger partial charge >= 0.3 is 0 Å². The zero-order valence-corrected chi connectivity index (χ0v) is 8.36. The van der Waals surface area contributed by atoms with Gasteiger partial charge in [-0.3, -0.25) is 4.79 Å². The minimum Gasteiger partial charge on any atom is -0.384 e. The molecule has 1 aliphatic heterocycles. The molecule has 2 nitrogen and oxygen atoms in total. The van der Waals surface area contributed by atoms with Crippen LogP contribution >= 0.6 is 12.4 Å². The summed E-state index contributed by atoms with van der Waals surface area (Å²) >= 11 is 0. The fourth-order valence-corrected chi connectivity index (χ4v) is 1.51. The van der Waals surface area contributed by atoms with Crippen LogP contribution in [-0.4, -0.2) is 12.3 Å². The second-order valence-electron chi connectivity index (χ2n) is 3.14. The molecule has 0 radical (unpaired) electrons. The minimum absolute atomic E-state index is 0. The highest BCUT2D eigenvalue weighted by molar-refractivity contribution is 6.01. The van der Waals surface area contributed by atoms with E-state index in [1.54, 1.807) is 6.07 Å². The second-order valence-corrected chi connectivity index (χ2v) is 3.14. The van der Waals surface area contributed by atoms with Gasteiger partial charge in [-0.1, -0.05) is 0 Å². The number of nitrogens with one attached hydrogen (secondary N) is 1. The van der Waals surface area contributed by atoms with Crippen molar-refractivity contribution in [2.24, 2.45) is 0 Å². The van der Waals surface area contributed by atoms with E-state index in [9.17, 15) is 9.18 Å². The van der Waals surface area contributed by atoms with E-state index in [0.29, 0.717) is 12.0 Å². The Morgan fingerprint density at radius 3 is 2.93 bits per heavy atom. The Morgan fingerprint density at radius 1 is 1.36 bits per heavy atom. The number of carbonyl (C=O) groups excluding carboxylic acids is 1. The van der Waals surface area contributed by atoms with Crippen molar-refractivity contribution in [2.45, 2.75) is 12.8 Å². The molecule has 0 aliphatic carbocycles. The number of carbonyl (C=O) groups is 1. The van der Waals surface area contributed by atoms with Crippen LogP contribution in [0.4, 0.5) is 10.1 Å². The van der Waals surface area contributed by atoms with E-state index in [1.807, 2.05) is 0 Å². The van der Waals surface area contributed by atoms with Crippen LogP contribution in [0.1, 0.15) is 23.2 Å².